The van der Waals surface area contributed by atoms with Crippen LogP contribution in [0, 0.1) is 0 Å². The van der Waals surface area contributed by atoms with Crippen molar-refractivity contribution in [3.8, 4) is 0 Å². The number of nitrogen functional groups attached to an aromatic ring is 1. The molecule has 0 radical (unpaired) electrons. The van der Waals surface area contributed by atoms with Gasteiger partial charge in [0.1, 0.15) is 0 Å². The molecule has 1 nitrogen and oxygen atoms in total. The molecule has 0 spiro atoms. The minimum atomic E-state index is -4.33. The zero-order valence-electron chi connectivity index (χ0n) is 10.2. The fraction of sp³-hybridized carbons (Fsp3) is 0.143. The van der Waals surface area contributed by atoms with Crippen LogP contribution in [0.4, 0.5) is 18.9 Å². The Morgan fingerprint density at radius 1 is 1.10 bits per heavy atom. The monoisotopic (exact) mass is 317 g/mol. The summed E-state index contributed by atoms with van der Waals surface area (Å²) in [4.78, 5) is 0.687. The second kappa shape index (κ2) is 5.97. The van der Waals surface area contributed by atoms with Gasteiger partial charge in [0.2, 0.25) is 0 Å². The standard InChI is InChI=1S/C14H11ClF3NS/c15-11-5-2-6-12(19)13(11)20-8-9-3-1-4-10(7-9)14(16,17)18/h1-7H,8,19H2. The van der Waals surface area contributed by atoms with Gasteiger partial charge in [-0.1, -0.05) is 35.9 Å². The average molecular weight is 318 g/mol. The van der Waals surface area contributed by atoms with Crippen molar-refractivity contribution in [1.82, 2.24) is 0 Å². The molecule has 0 unspecified atom stereocenters. The van der Waals surface area contributed by atoms with Gasteiger partial charge in [0.15, 0.2) is 0 Å². The maximum absolute atomic E-state index is 12.6. The molecule has 2 N–H and O–H groups in total. The number of rotatable bonds is 3. The summed E-state index contributed by atoms with van der Waals surface area (Å²) in [5, 5.41) is 0.502. The van der Waals surface area contributed by atoms with E-state index in [-0.39, 0.29) is 0 Å². The number of alkyl halides is 3. The van der Waals surface area contributed by atoms with E-state index in [4.69, 9.17) is 17.3 Å². The Bertz CT molecular complexity index is 593. The Hall–Kier alpha value is -1.33. The van der Waals surface area contributed by atoms with Crippen molar-refractivity contribution in [1.29, 1.82) is 0 Å². The number of thioether (sulfide) groups is 1. The quantitative estimate of drug-likeness (QED) is 0.619. The van der Waals surface area contributed by atoms with Gasteiger partial charge >= 0.3 is 6.18 Å². The van der Waals surface area contributed by atoms with Crippen LogP contribution in [0.2, 0.25) is 5.02 Å². The largest absolute Gasteiger partial charge is 0.416 e. The van der Waals surface area contributed by atoms with E-state index in [1.807, 2.05) is 0 Å². The lowest BCUT2D eigenvalue weighted by molar-refractivity contribution is -0.137. The third-order valence-electron chi connectivity index (χ3n) is 2.63. The molecule has 0 saturated heterocycles. The van der Waals surface area contributed by atoms with E-state index in [2.05, 4.69) is 0 Å². The predicted octanol–water partition coefficient (Wildman–Crippen LogP) is 5.23. The minimum Gasteiger partial charge on any atom is -0.398 e. The summed E-state index contributed by atoms with van der Waals surface area (Å²) >= 11 is 7.34. The molecular weight excluding hydrogens is 307 g/mol. The Balaban J connectivity index is 2.16. The van der Waals surface area contributed by atoms with Crippen LogP contribution >= 0.6 is 23.4 Å². The number of benzene rings is 2. The Kier molecular flexibility index (Phi) is 4.50. The number of nitrogens with two attached hydrogens (primary N) is 1. The second-order valence-corrected chi connectivity index (χ2v) is 5.54. The Morgan fingerprint density at radius 2 is 1.80 bits per heavy atom. The van der Waals surface area contributed by atoms with Gasteiger partial charge < -0.3 is 5.73 Å². The second-order valence-electron chi connectivity index (χ2n) is 4.14. The lowest BCUT2D eigenvalue weighted by atomic mass is 10.1. The van der Waals surface area contributed by atoms with Gasteiger partial charge in [-0.25, -0.2) is 0 Å². The van der Waals surface area contributed by atoms with E-state index in [1.54, 1.807) is 24.3 Å². The van der Waals surface area contributed by atoms with E-state index in [1.165, 1.54) is 17.8 Å². The molecule has 0 saturated carbocycles. The molecule has 2 aromatic rings. The lowest BCUT2D eigenvalue weighted by Gasteiger charge is -2.10. The van der Waals surface area contributed by atoms with Crippen LogP contribution in [-0.2, 0) is 11.9 Å². The molecule has 0 amide bonds. The molecule has 0 aliphatic carbocycles. The topological polar surface area (TPSA) is 26.0 Å². The maximum atomic E-state index is 12.6. The summed E-state index contributed by atoms with van der Waals surface area (Å²) in [6.45, 7) is 0. The van der Waals surface area contributed by atoms with Crippen LogP contribution in [0.25, 0.3) is 0 Å². The summed E-state index contributed by atoms with van der Waals surface area (Å²) in [7, 11) is 0. The van der Waals surface area contributed by atoms with Crippen LogP contribution in [0.5, 0.6) is 0 Å². The van der Waals surface area contributed by atoms with Crippen LogP contribution in [0.1, 0.15) is 11.1 Å². The lowest BCUT2D eigenvalue weighted by Crippen LogP contribution is -2.04. The molecule has 0 aliphatic rings. The molecule has 0 fully saturated rings. The van der Waals surface area contributed by atoms with Gasteiger partial charge in [0.25, 0.3) is 0 Å². The molecule has 0 aliphatic heterocycles. The highest BCUT2D eigenvalue weighted by molar-refractivity contribution is 7.98. The predicted molar refractivity (Wildman–Crippen MR) is 76.9 cm³/mol. The van der Waals surface area contributed by atoms with E-state index >= 15 is 0 Å². The van der Waals surface area contributed by atoms with Crippen LogP contribution in [0.3, 0.4) is 0 Å². The zero-order chi connectivity index (χ0) is 14.8. The number of hydrogen-bond donors (Lipinski definition) is 1. The van der Waals surface area contributed by atoms with Gasteiger partial charge in [-0.2, -0.15) is 13.2 Å². The van der Waals surface area contributed by atoms with Gasteiger partial charge in [-0.15, -0.1) is 11.8 Å². The normalized spacial score (nSPS) is 11.6. The van der Waals surface area contributed by atoms with E-state index < -0.39 is 11.7 Å². The highest BCUT2D eigenvalue weighted by Gasteiger charge is 2.30. The molecule has 6 heteroatoms. The molecular formula is C14H11ClF3NS. The van der Waals surface area contributed by atoms with Crippen molar-refractivity contribution in [3.63, 3.8) is 0 Å². The molecule has 0 aromatic heterocycles. The van der Waals surface area contributed by atoms with Gasteiger partial charge in [0.05, 0.1) is 10.6 Å². The minimum absolute atomic E-state index is 0.373. The first-order chi connectivity index (χ1) is 9.38. The van der Waals surface area contributed by atoms with Gasteiger partial charge in [0, 0.05) is 16.3 Å². The fourth-order valence-corrected chi connectivity index (χ4v) is 2.95. The number of halogens is 4. The molecule has 0 bridgehead atoms. The van der Waals surface area contributed by atoms with Crippen molar-refractivity contribution < 1.29 is 13.2 Å². The zero-order valence-corrected chi connectivity index (χ0v) is 11.8. The first-order valence-corrected chi connectivity index (χ1v) is 7.07. The average Bonchev–Trinajstić information content (AvgIpc) is 2.37. The summed E-state index contributed by atoms with van der Waals surface area (Å²) < 4.78 is 37.8. The summed E-state index contributed by atoms with van der Waals surface area (Å²) in [6.07, 6.45) is -4.33. The molecule has 2 rings (SSSR count). The number of hydrogen-bond acceptors (Lipinski definition) is 2. The van der Waals surface area contributed by atoms with Crippen LogP contribution in [-0.4, -0.2) is 0 Å². The van der Waals surface area contributed by atoms with Crippen molar-refractivity contribution >= 4 is 29.1 Å². The van der Waals surface area contributed by atoms with Crippen molar-refractivity contribution in [3.05, 3.63) is 58.6 Å². The molecule has 20 heavy (non-hydrogen) atoms. The third kappa shape index (κ3) is 3.61. The Morgan fingerprint density at radius 3 is 2.45 bits per heavy atom. The smallest absolute Gasteiger partial charge is 0.398 e. The van der Waals surface area contributed by atoms with Crippen LogP contribution in [0.15, 0.2) is 47.4 Å². The highest BCUT2D eigenvalue weighted by atomic mass is 35.5. The van der Waals surface area contributed by atoms with Gasteiger partial charge in [-0.3, -0.25) is 0 Å². The van der Waals surface area contributed by atoms with Gasteiger partial charge in [-0.05, 0) is 23.8 Å². The SMILES string of the molecule is Nc1cccc(Cl)c1SCc1cccc(C(F)(F)F)c1. The Labute approximate surface area is 123 Å². The van der Waals surface area contributed by atoms with Crippen molar-refractivity contribution in [2.75, 3.05) is 5.73 Å². The molecule has 0 atom stereocenters. The fourth-order valence-electron chi connectivity index (χ4n) is 1.67. The van der Waals surface area contributed by atoms with E-state index in [9.17, 15) is 13.2 Å². The van der Waals surface area contributed by atoms with Crippen molar-refractivity contribution in [2.45, 2.75) is 16.8 Å². The number of anilines is 1. The molecule has 2 aromatic carbocycles. The van der Waals surface area contributed by atoms with Crippen LogP contribution < -0.4 is 5.73 Å². The summed E-state index contributed by atoms with van der Waals surface area (Å²) in [5.74, 6) is 0.373. The highest BCUT2D eigenvalue weighted by Crippen LogP contribution is 2.35. The summed E-state index contributed by atoms with van der Waals surface area (Å²) in [5.41, 5.74) is 6.25. The van der Waals surface area contributed by atoms with E-state index in [0.717, 1.165) is 12.1 Å². The third-order valence-corrected chi connectivity index (χ3v) is 4.28. The first kappa shape index (κ1) is 15.1. The molecule has 0 heterocycles. The maximum Gasteiger partial charge on any atom is 0.416 e. The molecule has 106 valence electrons. The summed E-state index contributed by atoms with van der Waals surface area (Å²) in [6, 6.07) is 10.4. The first-order valence-electron chi connectivity index (χ1n) is 5.71. The van der Waals surface area contributed by atoms with Crippen molar-refractivity contribution in [2.24, 2.45) is 0 Å². The van der Waals surface area contributed by atoms with E-state index in [0.29, 0.717) is 26.9 Å².